The zero-order chi connectivity index (χ0) is 22.2. The van der Waals surface area contributed by atoms with Gasteiger partial charge in [-0.15, -0.1) is 17.9 Å². The number of carbonyl (C=O) groups is 3. The maximum Gasteiger partial charge on any atom is 0.319 e. The minimum Gasteiger partial charge on any atom is -0.334 e. The molecule has 9 heteroatoms. The van der Waals surface area contributed by atoms with Crippen molar-refractivity contribution in [3.05, 3.63) is 88.1 Å². The van der Waals surface area contributed by atoms with E-state index < -0.39 is 0 Å². The van der Waals surface area contributed by atoms with Crippen LogP contribution in [-0.4, -0.2) is 24.4 Å². The fraction of sp³-hybridized carbons (Fsp3) is 0.0455. The van der Waals surface area contributed by atoms with Gasteiger partial charge in [-0.05, 0) is 53.9 Å². The molecule has 0 bridgehead atoms. The summed E-state index contributed by atoms with van der Waals surface area (Å²) in [6, 6.07) is 14.4. The van der Waals surface area contributed by atoms with Crippen LogP contribution in [-0.2, 0) is 0 Å². The first-order valence-corrected chi connectivity index (χ1v) is 10.4. The summed E-state index contributed by atoms with van der Waals surface area (Å²) in [7, 11) is 0. The van der Waals surface area contributed by atoms with Gasteiger partial charge in [0.2, 0.25) is 0 Å². The highest BCUT2D eigenvalue weighted by Crippen LogP contribution is 2.25. The molecule has 0 radical (unpaired) electrons. The Balaban J connectivity index is 1.64. The molecule has 0 aliphatic carbocycles. The molecule has 0 saturated heterocycles. The van der Waals surface area contributed by atoms with E-state index in [-0.39, 0.29) is 17.8 Å². The number of anilines is 3. The van der Waals surface area contributed by atoms with Gasteiger partial charge in [0.05, 0.1) is 15.6 Å². The second kappa shape index (κ2) is 10.4. The average Bonchev–Trinajstić information content (AvgIpc) is 3.30. The van der Waals surface area contributed by atoms with Crippen LogP contribution in [0.25, 0.3) is 0 Å². The second-order valence-corrected chi connectivity index (χ2v) is 7.64. The van der Waals surface area contributed by atoms with E-state index in [1.54, 1.807) is 60.0 Å². The summed E-state index contributed by atoms with van der Waals surface area (Å²) in [5.41, 5.74) is 1.79. The lowest BCUT2D eigenvalue weighted by molar-refractivity contribution is 0.101. The lowest BCUT2D eigenvalue weighted by atomic mass is 10.1. The fourth-order valence-electron chi connectivity index (χ4n) is 2.53. The van der Waals surface area contributed by atoms with Gasteiger partial charge >= 0.3 is 6.03 Å². The number of halogens is 1. The normalized spacial score (nSPS) is 10.1. The van der Waals surface area contributed by atoms with Gasteiger partial charge in [-0.3, -0.25) is 9.59 Å². The van der Waals surface area contributed by atoms with E-state index in [0.717, 1.165) is 0 Å². The summed E-state index contributed by atoms with van der Waals surface area (Å²) in [6.07, 6.45) is 1.58. The molecule has 3 aromatic rings. The van der Waals surface area contributed by atoms with Crippen LogP contribution in [0.5, 0.6) is 0 Å². The molecule has 2 aromatic carbocycles. The van der Waals surface area contributed by atoms with Gasteiger partial charge in [0, 0.05) is 23.5 Å². The number of rotatable bonds is 7. The molecular formula is C22H19ClN4O3S. The molecule has 0 aliphatic heterocycles. The van der Waals surface area contributed by atoms with E-state index in [0.29, 0.717) is 39.1 Å². The minimum atomic E-state index is -0.368. The predicted molar refractivity (Wildman–Crippen MR) is 125 cm³/mol. The maximum absolute atomic E-state index is 12.6. The molecule has 1 heterocycles. The molecule has 3 rings (SSSR count). The number of amides is 4. The highest BCUT2D eigenvalue weighted by atomic mass is 35.5. The predicted octanol–water partition coefficient (Wildman–Crippen LogP) is 5.21. The third kappa shape index (κ3) is 6.18. The summed E-state index contributed by atoms with van der Waals surface area (Å²) in [6.45, 7) is 3.89. The van der Waals surface area contributed by atoms with Crippen molar-refractivity contribution in [2.24, 2.45) is 0 Å². The Kier molecular flexibility index (Phi) is 7.42. The first-order valence-electron chi connectivity index (χ1n) is 9.18. The number of nitrogens with one attached hydrogen (secondary N) is 4. The Morgan fingerprint density at radius 2 is 1.65 bits per heavy atom. The molecule has 1 aromatic heterocycles. The van der Waals surface area contributed by atoms with Crippen LogP contribution < -0.4 is 21.3 Å². The minimum absolute atomic E-state index is 0.297. The Bertz CT molecular complexity index is 1100. The van der Waals surface area contributed by atoms with Crippen LogP contribution in [0.1, 0.15) is 20.0 Å². The maximum atomic E-state index is 12.6. The van der Waals surface area contributed by atoms with Gasteiger partial charge in [-0.1, -0.05) is 23.7 Å². The van der Waals surface area contributed by atoms with Crippen molar-refractivity contribution in [2.75, 3.05) is 22.5 Å². The quantitative estimate of drug-likeness (QED) is 0.368. The Morgan fingerprint density at radius 3 is 2.29 bits per heavy atom. The molecule has 158 valence electrons. The SMILES string of the molecule is C=CCNC(=O)Nc1ccc(NC(=O)c2ccc(Cl)c(NC(=O)c3cccs3)c2)cc1. The van der Waals surface area contributed by atoms with Crippen LogP contribution in [0, 0.1) is 0 Å². The van der Waals surface area contributed by atoms with Gasteiger partial charge in [-0.25, -0.2) is 4.79 Å². The molecule has 0 unspecified atom stereocenters. The van der Waals surface area contributed by atoms with E-state index >= 15 is 0 Å². The molecule has 0 aliphatic rings. The third-order valence-corrected chi connectivity index (χ3v) is 5.23. The summed E-state index contributed by atoms with van der Waals surface area (Å²) in [5, 5.41) is 12.9. The second-order valence-electron chi connectivity index (χ2n) is 6.28. The number of thiophene rings is 1. The Labute approximate surface area is 188 Å². The molecule has 0 fully saturated rings. The standard InChI is InChI=1S/C22H19ClN4O3S/c1-2-11-24-22(30)26-16-8-6-15(7-9-16)25-20(28)14-5-10-17(23)18(13-14)27-21(29)19-4-3-12-31-19/h2-10,12-13H,1,11H2,(H,25,28)(H,27,29)(H2,24,26,30). The number of hydrogen-bond acceptors (Lipinski definition) is 4. The lowest BCUT2D eigenvalue weighted by Crippen LogP contribution is -2.28. The van der Waals surface area contributed by atoms with Crippen molar-refractivity contribution in [1.82, 2.24) is 5.32 Å². The molecule has 0 saturated carbocycles. The zero-order valence-corrected chi connectivity index (χ0v) is 17.8. The van der Waals surface area contributed by atoms with Gasteiger partial charge < -0.3 is 21.3 Å². The van der Waals surface area contributed by atoms with E-state index in [1.807, 2.05) is 0 Å². The van der Waals surface area contributed by atoms with Gasteiger partial charge in [0.25, 0.3) is 11.8 Å². The molecule has 7 nitrogen and oxygen atoms in total. The first-order chi connectivity index (χ1) is 15.0. The molecule has 0 atom stereocenters. The van der Waals surface area contributed by atoms with Crippen LogP contribution in [0.15, 0.2) is 72.6 Å². The fourth-order valence-corrected chi connectivity index (χ4v) is 3.32. The molecule has 4 N–H and O–H groups in total. The summed E-state index contributed by atoms with van der Waals surface area (Å²) < 4.78 is 0. The van der Waals surface area contributed by atoms with E-state index in [4.69, 9.17) is 11.6 Å². The van der Waals surface area contributed by atoms with Gasteiger partial charge in [0.15, 0.2) is 0 Å². The van der Waals surface area contributed by atoms with E-state index in [2.05, 4.69) is 27.8 Å². The molecular weight excluding hydrogens is 436 g/mol. The smallest absolute Gasteiger partial charge is 0.319 e. The summed E-state index contributed by atoms with van der Waals surface area (Å²) in [5.74, 6) is -0.664. The lowest BCUT2D eigenvalue weighted by Gasteiger charge is -2.10. The van der Waals surface area contributed by atoms with Crippen LogP contribution in [0.2, 0.25) is 5.02 Å². The number of urea groups is 1. The molecule has 31 heavy (non-hydrogen) atoms. The van der Waals surface area contributed by atoms with Crippen molar-refractivity contribution in [3.63, 3.8) is 0 Å². The van der Waals surface area contributed by atoms with Crippen molar-refractivity contribution in [2.45, 2.75) is 0 Å². The topological polar surface area (TPSA) is 99.3 Å². The number of carbonyl (C=O) groups excluding carboxylic acids is 3. The summed E-state index contributed by atoms with van der Waals surface area (Å²) in [4.78, 5) is 37.1. The van der Waals surface area contributed by atoms with Crippen molar-refractivity contribution >= 4 is 57.8 Å². The van der Waals surface area contributed by atoms with E-state index in [9.17, 15) is 14.4 Å². The highest BCUT2D eigenvalue weighted by molar-refractivity contribution is 7.12. The monoisotopic (exact) mass is 454 g/mol. The highest BCUT2D eigenvalue weighted by Gasteiger charge is 2.13. The van der Waals surface area contributed by atoms with Gasteiger partial charge in [0.1, 0.15) is 0 Å². The van der Waals surface area contributed by atoms with Crippen LogP contribution in [0.3, 0.4) is 0 Å². The van der Waals surface area contributed by atoms with Crippen molar-refractivity contribution < 1.29 is 14.4 Å². The largest absolute Gasteiger partial charge is 0.334 e. The Morgan fingerprint density at radius 1 is 0.935 bits per heavy atom. The number of benzene rings is 2. The number of hydrogen-bond donors (Lipinski definition) is 4. The van der Waals surface area contributed by atoms with Crippen LogP contribution in [0.4, 0.5) is 21.9 Å². The molecule has 0 spiro atoms. The Hall–Kier alpha value is -3.62. The zero-order valence-electron chi connectivity index (χ0n) is 16.3. The first kappa shape index (κ1) is 22.1. The third-order valence-electron chi connectivity index (χ3n) is 4.03. The average molecular weight is 455 g/mol. The van der Waals surface area contributed by atoms with Crippen LogP contribution >= 0.6 is 22.9 Å². The van der Waals surface area contributed by atoms with Crippen molar-refractivity contribution in [1.29, 1.82) is 0 Å². The molecule has 4 amide bonds. The van der Waals surface area contributed by atoms with Crippen molar-refractivity contribution in [3.8, 4) is 0 Å². The van der Waals surface area contributed by atoms with Gasteiger partial charge in [-0.2, -0.15) is 0 Å². The summed E-state index contributed by atoms with van der Waals surface area (Å²) >= 11 is 7.48. The van der Waals surface area contributed by atoms with E-state index in [1.165, 1.54) is 17.4 Å².